The molecule has 0 saturated heterocycles. The first-order chi connectivity index (χ1) is 9.63. The standard InChI is InChI=1S/C14H13ClN4S/c1-8(11-6-7-12(15)20-11)17-14-13(16)18-9-4-2-3-5-10(9)19-14/h2-8H,1H3,(H2,16,18)(H,17,19). The summed E-state index contributed by atoms with van der Waals surface area (Å²) in [6.45, 7) is 2.04. The molecular formula is C14H13ClN4S. The zero-order chi connectivity index (χ0) is 14.1. The van der Waals surface area contributed by atoms with Gasteiger partial charge in [0.1, 0.15) is 0 Å². The minimum absolute atomic E-state index is 0.0743. The van der Waals surface area contributed by atoms with Crippen molar-refractivity contribution in [1.29, 1.82) is 0 Å². The molecule has 0 aliphatic heterocycles. The number of anilines is 2. The van der Waals surface area contributed by atoms with Gasteiger partial charge < -0.3 is 11.1 Å². The minimum atomic E-state index is 0.0743. The molecule has 1 aromatic carbocycles. The number of benzene rings is 1. The van der Waals surface area contributed by atoms with Crippen LogP contribution in [0.15, 0.2) is 36.4 Å². The Balaban J connectivity index is 1.92. The molecule has 3 aromatic rings. The van der Waals surface area contributed by atoms with Crippen molar-refractivity contribution in [2.45, 2.75) is 13.0 Å². The van der Waals surface area contributed by atoms with Gasteiger partial charge in [-0.05, 0) is 31.2 Å². The predicted octanol–water partition coefficient (Wildman–Crippen LogP) is 4.10. The van der Waals surface area contributed by atoms with Crippen molar-refractivity contribution < 1.29 is 0 Å². The SMILES string of the molecule is CC(Nc1nc2ccccc2nc1N)c1ccc(Cl)s1. The van der Waals surface area contributed by atoms with Crippen LogP contribution < -0.4 is 11.1 Å². The van der Waals surface area contributed by atoms with Crippen LogP contribution in [0, 0.1) is 0 Å². The van der Waals surface area contributed by atoms with E-state index in [1.54, 1.807) is 0 Å². The molecule has 0 bridgehead atoms. The summed E-state index contributed by atoms with van der Waals surface area (Å²) in [6.07, 6.45) is 0. The maximum atomic E-state index is 5.96. The molecule has 0 aliphatic rings. The van der Waals surface area contributed by atoms with E-state index in [9.17, 15) is 0 Å². The molecule has 3 N–H and O–H groups in total. The molecule has 0 aliphatic carbocycles. The number of thiophene rings is 1. The maximum absolute atomic E-state index is 5.96. The van der Waals surface area contributed by atoms with Crippen LogP contribution in [-0.2, 0) is 0 Å². The van der Waals surface area contributed by atoms with Gasteiger partial charge in [-0.25, -0.2) is 9.97 Å². The Kier molecular flexibility index (Phi) is 3.46. The van der Waals surface area contributed by atoms with Crippen molar-refractivity contribution in [2.24, 2.45) is 0 Å². The number of para-hydroxylation sites is 2. The van der Waals surface area contributed by atoms with E-state index in [1.165, 1.54) is 11.3 Å². The zero-order valence-corrected chi connectivity index (χ0v) is 12.4. The van der Waals surface area contributed by atoms with Crippen molar-refractivity contribution >= 4 is 45.6 Å². The van der Waals surface area contributed by atoms with E-state index in [0.29, 0.717) is 11.6 Å². The van der Waals surface area contributed by atoms with E-state index >= 15 is 0 Å². The lowest BCUT2D eigenvalue weighted by Crippen LogP contribution is -2.10. The Morgan fingerprint density at radius 1 is 1.15 bits per heavy atom. The molecular weight excluding hydrogens is 292 g/mol. The lowest BCUT2D eigenvalue weighted by molar-refractivity contribution is 0.897. The Hall–Kier alpha value is -1.85. The molecule has 1 atom stereocenters. The van der Waals surface area contributed by atoms with Gasteiger partial charge in [0, 0.05) is 4.88 Å². The number of hydrogen-bond acceptors (Lipinski definition) is 5. The van der Waals surface area contributed by atoms with Crippen LogP contribution in [0.3, 0.4) is 0 Å². The Morgan fingerprint density at radius 3 is 2.50 bits per heavy atom. The number of rotatable bonds is 3. The summed E-state index contributed by atoms with van der Waals surface area (Å²) in [7, 11) is 0. The summed E-state index contributed by atoms with van der Waals surface area (Å²) in [5.74, 6) is 0.999. The van der Waals surface area contributed by atoms with Crippen LogP contribution in [0.1, 0.15) is 17.8 Å². The smallest absolute Gasteiger partial charge is 0.170 e. The van der Waals surface area contributed by atoms with Crippen molar-refractivity contribution in [3.63, 3.8) is 0 Å². The topological polar surface area (TPSA) is 63.8 Å². The number of aromatic nitrogens is 2. The number of fused-ring (bicyclic) bond motifs is 1. The van der Waals surface area contributed by atoms with Crippen LogP contribution in [0.2, 0.25) is 4.34 Å². The molecule has 20 heavy (non-hydrogen) atoms. The fourth-order valence-electron chi connectivity index (χ4n) is 1.96. The van der Waals surface area contributed by atoms with Crippen molar-refractivity contribution in [1.82, 2.24) is 9.97 Å². The van der Waals surface area contributed by atoms with Crippen LogP contribution in [0.5, 0.6) is 0 Å². The largest absolute Gasteiger partial charge is 0.381 e. The number of nitrogens with zero attached hydrogens (tertiary/aromatic N) is 2. The number of hydrogen-bond donors (Lipinski definition) is 2. The maximum Gasteiger partial charge on any atom is 0.170 e. The summed E-state index contributed by atoms with van der Waals surface area (Å²) < 4.78 is 0.770. The van der Waals surface area contributed by atoms with E-state index in [4.69, 9.17) is 17.3 Å². The zero-order valence-electron chi connectivity index (χ0n) is 10.8. The summed E-state index contributed by atoms with van der Waals surface area (Å²) in [5, 5.41) is 3.29. The second-order valence-electron chi connectivity index (χ2n) is 4.45. The summed E-state index contributed by atoms with van der Waals surface area (Å²) in [5.41, 5.74) is 7.57. The van der Waals surface area contributed by atoms with E-state index in [2.05, 4.69) is 15.3 Å². The highest BCUT2D eigenvalue weighted by molar-refractivity contribution is 7.16. The molecule has 0 saturated carbocycles. The van der Waals surface area contributed by atoms with Crippen LogP contribution >= 0.6 is 22.9 Å². The second-order valence-corrected chi connectivity index (χ2v) is 6.20. The molecule has 2 heterocycles. The van der Waals surface area contributed by atoms with Gasteiger partial charge in [0.25, 0.3) is 0 Å². The van der Waals surface area contributed by atoms with Gasteiger partial charge in [0.2, 0.25) is 0 Å². The third kappa shape index (κ3) is 2.55. The molecule has 0 radical (unpaired) electrons. The quantitative estimate of drug-likeness (QED) is 0.764. The molecule has 2 aromatic heterocycles. The first kappa shape index (κ1) is 13.1. The van der Waals surface area contributed by atoms with Crippen LogP contribution in [-0.4, -0.2) is 9.97 Å². The predicted molar refractivity (Wildman–Crippen MR) is 85.3 cm³/mol. The number of nitrogens with two attached hydrogens (primary N) is 1. The highest BCUT2D eigenvalue weighted by Crippen LogP contribution is 2.30. The summed E-state index contributed by atoms with van der Waals surface area (Å²) in [6, 6.07) is 11.6. The molecule has 6 heteroatoms. The summed E-state index contributed by atoms with van der Waals surface area (Å²) in [4.78, 5) is 10.0. The number of nitrogens with one attached hydrogen (secondary N) is 1. The van der Waals surface area contributed by atoms with Gasteiger partial charge in [0.05, 0.1) is 21.4 Å². The van der Waals surface area contributed by atoms with Gasteiger partial charge in [-0.15, -0.1) is 11.3 Å². The van der Waals surface area contributed by atoms with Gasteiger partial charge in [-0.1, -0.05) is 23.7 Å². The lowest BCUT2D eigenvalue weighted by atomic mass is 10.2. The summed E-state index contributed by atoms with van der Waals surface area (Å²) >= 11 is 7.49. The average Bonchev–Trinajstić information content (AvgIpc) is 2.86. The number of halogens is 1. The highest BCUT2D eigenvalue weighted by atomic mass is 35.5. The highest BCUT2D eigenvalue weighted by Gasteiger charge is 2.12. The average molecular weight is 305 g/mol. The van der Waals surface area contributed by atoms with E-state index in [0.717, 1.165) is 20.2 Å². The first-order valence-corrected chi connectivity index (χ1v) is 7.37. The van der Waals surface area contributed by atoms with Gasteiger partial charge in [-0.3, -0.25) is 0 Å². The third-order valence-corrected chi connectivity index (χ3v) is 4.39. The monoisotopic (exact) mass is 304 g/mol. The third-order valence-electron chi connectivity index (χ3n) is 2.97. The minimum Gasteiger partial charge on any atom is -0.381 e. The van der Waals surface area contributed by atoms with Gasteiger partial charge in [0.15, 0.2) is 11.6 Å². The van der Waals surface area contributed by atoms with Gasteiger partial charge in [-0.2, -0.15) is 0 Å². The first-order valence-electron chi connectivity index (χ1n) is 6.17. The molecule has 3 rings (SSSR count). The molecule has 4 nitrogen and oxygen atoms in total. The van der Waals surface area contributed by atoms with Crippen LogP contribution in [0.4, 0.5) is 11.6 Å². The Morgan fingerprint density at radius 2 is 1.85 bits per heavy atom. The second kappa shape index (κ2) is 5.26. The molecule has 0 spiro atoms. The van der Waals surface area contributed by atoms with Crippen molar-refractivity contribution in [2.75, 3.05) is 11.1 Å². The molecule has 1 unspecified atom stereocenters. The van der Waals surface area contributed by atoms with Crippen LogP contribution in [0.25, 0.3) is 11.0 Å². The van der Waals surface area contributed by atoms with Crippen molar-refractivity contribution in [3.05, 3.63) is 45.6 Å². The lowest BCUT2D eigenvalue weighted by Gasteiger charge is -2.14. The fourth-order valence-corrected chi connectivity index (χ4v) is 3.02. The molecule has 0 fully saturated rings. The number of nitrogen functional groups attached to an aromatic ring is 1. The molecule has 102 valence electrons. The normalized spacial score (nSPS) is 12.5. The van der Waals surface area contributed by atoms with E-state index < -0.39 is 0 Å². The fraction of sp³-hybridized carbons (Fsp3) is 0.143. The Bertz CT molecular complexity index is 756. The van der Waals surface area contributed by atoms with Crippen molar-refractivity contribution in [3.8, 4) is 0 Å². The Labute approximate surface area is 125 Å². The van der Waals surface area contributed by atoms with E-state index in [-0.39, 0.29) is 6.04 Å². The molecule has 0 amide bonds. The van der Waals surface area contributed by atoms with E-state index in [1.807, 2.05) is 43.3 Å². The van der Waals surface area contributed by atoms with Gasteiger partial charge >= 0.3 is 0 Å².